The third-order valence-corrected chi connectivity index (χ3v) is 3.68. The van der Waals surface area contributed by atoms with Crippen LogP contribution in [-0.4, -0.2) is 18.5 Å². The molecule has 128 valence electrons. The van der Waals surface area contributed by atoms with Gasteiger partial charge in [0, 0.05) is 12.8 Å². The van der Waals surface area contributed by atoms with E-state index < -0.39 is 0 Å². The van der Waals surface area contributed by atoms with Gasteiger partial charge in [0.1, 0.15) is 5.75 Å². The Morgan fingerprint density at radius 1 is 0.875 bits per heavy atom. The molecular formula is C20H24O4. The number of fused-ring (bicyclic) bond motifs is 1. The molecule has 24 heavy (non-hydrogen) atoms. The summed E-state index contributed by atoms with van der Waals surface area (Å²) in [7, 11) is 0. The minimum atomic E-state index is -0.237. The van der Waals surface area contributed by atoms with Crippen LogP contribution in [0.1, 0.15) is 45.4 Å². The van der Waals surface area contributed by atoms with Crippen molar-refractivity contribution in [2.75, 3.05) is 6.61 Å². The number of benzene rings is 2. The molecule has 0 aliphatic carbocycles. The maximum Gasteiger partial charge on any atom is 0.311 e. The fourth-order valence-corrected chi connectivity index (χ4v) is 2.42. The van der Waals surface area contributed by atoms with Crippen LogP contribution >= 0.6 is 0 Å². The van der Waals surface area contributed by atoms with E-state index in [0.29, 0.717) is 31.6 Å². The summed E-state index contributed by atoms with van der Waals surface area (Å²) in [5, 5.41) is 2.17. The van der Waals surface area contributed by atoms with Gasteiger partial charge in [0.05, 0.1) is 6.61 Å². The highest BCUT2D eigenvalue weighted by molar-refractivity contribution is 5.84. The Hall–Kier alpha value is -2.36. The van der Waals surface area contributed by atoms with Crippen LogP contribution in [0.15, 0.2) is 42.5 Å². The molecule has 0 aliphatic rings. The Kier molecular flexibility index (Phi) is 7.27. The standard InChI is InChI=1S/C20H24O4/c1-2-14-23-19(21)10-4-3-5-11-20(22)24-18-13-12-16-8-6-7-9-17(16)15-18/h6-9,12-13,15H,2-5,10-11,14H2,1H3. The lowest BCUT2D eigenvalue weighted by atomic mass is 10.1. The van der Waals surface area contributed by atoms with Gasteiger partial charge in [0.2, 0.25) is 0 Å². The molecule has 2 aromatic rings. The first-order chi connectivity index (χ1) is 11.7. The average Bonchev–Trinajstić information content (AvgIpc) is 2.59. The molecular weight excluding hydrogens is 304 g/mol. The summed E-state index contributed by atoms with van der Waals surface area (Å²) in [4.78, 5) is 23.2. The minimum absolute atomic E-state index is 0.157. The Morgan fingerprint density at radius 2 is 1.58 bits per heavy atom. The van der Waals surface area contributed by atoms with Crippen molar-refractivity contribution < 1.29 is 19.1 Å². The summed E-state index contributed by atoms with van der Waals surface area (Å²) < 4.78 is 10.4. The molecule has 0 bridgehead atoms. The summed E-state index contributed by atoms with van der Waals surface area (Å²) in [6.45, 7) is 2.45. The van der Waals surface area contributed by atoms with Crippen molar-refractivity contribution >= 4 is 22.7 Å². The molecule has 0 fully saturated rings. The fourth-order valence-electron chi connectivity index (χ4n) is 2.42. The van der Waals surface area contributed by atoms with E-state index in [1.165, 1.54) is 0 Å². The van der Waals surface area contributed by atoms with Crippen molar-refractivity contribution in [3.8, 4) is 5.75 Å². The van der Waals surface area contributed by atoms with E-state index in [9.17, 15) is 9.59 Å². The lowest BCUT2D eigenvalue weighted by Gasteiger charge is -2.06. The van der Waals surface area contributed by atoms with E-state index in [4.69, 9.17) is 9.47 Å². The Bertz CT molecular complexity index is 678. The summed E-state index contributed by atoms with van der Waals surface area (Å²) >= 11 is 0. The zero-order valence-electron chi connectivity index (χ0n) is 14.1. The Labute approximate surface area is 142 Å². The average molecular weight is 328 g/mol. The number of unbranched alkanes of at least 4 members (excludes halogenated alkanes) is 2. The molecule has 0 heterocycles. The van der Waals surface area contributed by atoms with E-state index in [2.05, 4.69) is 0 Å². The number of rotatable bonds is 9. The highest BCUT2D eigenvalue weighted by atomic mass is 16.5. The zero-order valence-corrected chi connectivity index (χ0v) is 14.1. The second-order valence-corrected chi connectivity index (χ2v) is 5.76. The number of carbonyl (C=O) groups excluding carboxylic acids is 2. The minimum Gasteiger partial charge on any atom is -0.466 e. The first kappa shape index (κ1) is 18.0. The van der Waals surface area contributed by atoms with Gasteiger partial charge >= 0.3 is 11.9 Å². The molecule has 0 saturated carbocycles. The lowest BCUT2D eigenvalue weighted by Crippen LogP contribution is -2.08. The molecule has 0 amide bonds. The second kappa shape index (κ2) is 9.71. The third kappa shape index (κ3) is 6.03. The highest BCUT2D eigenvalue weighted by Crippen LogP contribution is 2.21. The van der Waals surface area contributed by atoms with Crippen LogP contribution in [-0.2, 0) is 14.3 Å². The monoisotopic (exact) mass is 328 g/mol. The first-order valence-electron chi connectivity index (χ1n) is 8.54. The summed E-state index contributed by atoms with van der Waals surface area (Å²) in [5.74, 6) is 0.177. The molecule has 2 rings (SSSR count). The van der Waals surface area contributed by atoms with Crippen LogP contribution in [0.2, 0.25) is 0 Å². The van der Waals surface area contributed by atoms with Crippen molar-refractivity contribution in [2.45, 2.75) is 45.4 Å². The van der Waals surface area contributed by atoms with Crippen LogP contribution in [0.5, 0.6) is 5.75 Å². The molecule has 0 aliphatic heterocycles. The molecule has 0 N–H and O–H groups in total. The van der Waals surface area contributed by atoms with Crippen molar-refractivity contribution in [3.63, 3.8) is 0 Å². The topological polar surface area (TPSA) is 52.6 Å². The Morgan fingerprint density at radius 3 is 2.33 bits per heavy atom. The van der Waals surface area contributed by atoms with E-state index in [1.807, 2.05) is 49.4 Å². The number of hydrogen-bond acceptors (Lipinski definition) is 4. The van der Waals surface area contributed by atoms with Gasteiger partial charge in [0.15, 0.2) is 0 Å². The molecule has 4 heteroatoms. The van der Waals surface area contributed by atoms with Gasteiger partial charge in [-0.2, -0.15) is 0 Å². The molecule has 0 saturated heterocycles. The van der Waals surface area contributed by atoms with E-state index in [0.717, 1.165) is 30.0 Å². The van der Waals surface area contributed by atoms with Gasteiger partial charge in [-0.3, -0.25) is 9.59 Å². The normalized spacial score (nSPS) is 10.5. The predicted octanol–water partition coefficient (Wildman–Crippen LogP) is 4.65. The van der Waals surface area contributed by atoms with Crippen LogP contribution in [0, 0.1) is 0 Å². The molecule has 0 atom stereocenters. The predicted molar refractivity (Wildman–Crippen MR) is 93.9 cm³/mol. The van der Waals surface area contributed by atoms with E-state index >= 15 is 0 Å². The SMILES string of the molecule is CCCOC(=O)CCCCCC(=O)Oc1ccc2ccccc2c1. The fraction of sp³-hybridized carbons (Fsp3) is 0.400. The third-order valence-electron chi connectivity index (χ3n) is 3.68. The van der Waals surface area contributed by atoms with E-state index in [-0.39, 0.29) is 11.9 Å². The molecule has 0 spiro atoms. The zero-order chi connectivity index (χ0) is 17.2. The molecule has 4 nitrogen and oxygen atoms in total. The number of hydrogen-bond donors (Lipinski definition) is 0. The van der Waals surface area contributed by atoms with Gasteiger partial charge in [-0.25, -0.2) is 0 Å². The molecule has 0 radical (unpaired) electrons. The van der Waals surface area contributed by atoms with Crippen molar-refractivity contribution in [3.05, 3.63) is 42.5 Å². The van der Waals surface area contributed by atoms with Crippen LogP contribution in [0.25, 0.3) is 10.8 Å². The van der Waals surface area contributed by atoms with Crippen LogP contribution in [0.3, 0.4) is 0 Å². The second-order valence-electron chi connectivity index (χ2n) is 5.76. The molecule has 0 unspecified atom stereocenters. The maximum atomic E-state index is 11.9. The van der Waals surface area contributed by atoms with Crippen LogP contribution < -0.4 is 4.74 Å². The quantitative estimate of drug-likeness (QED) is 0.382. The number of carbonyl (C=O) groups is 2. The van der Waals surface area contributed by atoms with Gasteiger partial charge in [0.25, 0.3) is 0 Å². The summed E-state index contributed by atoms with van der Waals surface area (Å²) in [5.41, 5.74) is 0. The van der Waals surface area contributed by atoms with E-state index in [1.54, 1.807) is 0 Å². The van der Waals surface area contributed by atoms with Gasteiger partial charge < -0.3 is 9.47 Å². The molecule has 2 aromatic carbocycles. The lowest BCUT2D eigenvalue weighted by molar-refractivity contribution is -0.143. The van der Waals surface area contributed by atoms with Gasteiger partial charge in [-0.05, 0) is 42.2 Å². The number of ether oxygens (including phenoxy) is 2. The first-order valence-corrected chi connectivity index (χ1v) is 8.54. The van der Waals surface area contributed by atoms with Crippen LogP contribution in [0.4, 0.5) is 0 Å². The van der Waals surface area contributed by atoms with Gasteiger partial charge in [-0.1, -0.05) is 43.7 Å². The highest BCUT2D eigenvalue weighted by Gasteiger charge is 2.07. The van der Waals surface area contributed by atoms with Gasteiger partial charge in [-0.15, -0.1) is 0 Å². The maximum absolute atomic E-state index is 11.9. The largest absolute Gasteiger partial charge is 0.466 e. The number of esters is 2. The Balaban J connectivity index is 1.66. The summed E-state index contributed by atoms with van der Waals surface area (Å²) in [6.07, 6.45) is 3.89. The van der Waals surface area contributed by atoms with Crippen molar-refractivity contribution in [2.24, 2.45) is 0 Å². The molecule has 0 aromatic heterocycles. The smallest absolute Gasteiger partial charge is 0.311 e. The van der Waals surface area contributed by atoms with Crippen molar-refractivity contribution in [1.82, 2.24) is 0 Å². The summed E-state index contributed by atoms with van der Waals surface area (Å²) in [6, 6.07) is 13.6. The van der Waals surface area contributed by atoms with Crippen molar-refractivity contribution in [1.29, 1.82) is 0 Å².